The van der Waals surface area contributed by atoms with Crippen LogP contribution in [0.15, 0.2) is 60.2 Å². The minimum atomic E-state index is -0.281. The zero-order valence-electron chi connectivity index (χ0n) is 19.2. The second-order valence-corrected chi connectivity index (χ2v) is 10.1. The third-order valence-corrected chi connectivity index (χ3v) is 7.77. The Hall–Kier alpha value is -3.60. The highest BCUT2D eigenvalue weighted by molar-refractivity contribution is 7.09. The van der Waals surface area contributed by atoms with Crippen molar-refractivity contribution in [2.45, 2.75) is 19.6 Å². The van der Waals surface area contributed by atoms with Gasteiger partial charge in [0.25, 0.3) is 5.91 Å². The Morgan fingerprint density at radius 3 is 2.43 bits per heavy atom. The summed E-state index contributed by atoms with van der Waals surface area (Å²) < 4.78 is 16.9. The fraction of sp³-hybridized carbons (Fsp3) is 0.160. The SMILES string of the molecule is O=C(c1ccc(-c2ccc(F)cc2)cc1)N1CCn2c(nnc2-c2csc(Cn3cnc(Cl)c3Cl)n2)C1. The van der Waals surface area contributed by atoms with Gasteiger partial charge in [0, 0.05) is 24.0 Å². The lowest BCUT2D eigenvalue weighted by molar-refractivity contribution is 0.0708. The molecule has 5 aromatic rings. The molecule has 0 unspecified atom stereocenters. The number of hydrogen-bond donors (Lipinski definition) is 0. The van der Waals surface area contributed by atoms with Gasteiger partial charge in [-0.1, -0.05) is 47.5 Å². The van der Waals surface area contributed by atoms with Crippen LogP contribution in [-0.4, -0.2) is 46.7 Å². The van der Waals surface area contributed by atoms with Gasteiger partial charge >= 0.3 is 0 Å². The first kappa shape index (κ1) is 23.8. The number of aromatic nitrogens is 6. The Morgan fingerprint density at radius 2 is 1.73 bits per heavy atom. The van der Waals surface area contributed by atoms with Crippen LogP contribution in [0.1, 0.15) is 21.2 Å². The summed E-state index contributed by atoms with van der Waals surface area (Å²) in [5.41, 5.74) is 3.11. The average Bonchev–Trinajstić information content (AvgIpc) is 3.64. The fourth-order valence-corrected chi connectivity index (χ4v) is 5.31. The highest BCUT2D eigenvalue weighted by Gasteiger charge is 2.26. The first-order valence-corrected chi connectivity index (χ1v) is 13.0. The third kappa shape index (κ3) is 4.63. The van der Waals surface area contributed by atoms with Gasteiger partial charge in [0.2, 0.25) is 0 Å². The highest BCUT2D eigenvalue weighted by Crippen LogP contribution is 2.27. The van der Waals surface area contributed by atoms with Crippen LogP contribution in [0.25, 0.3) is 22.6 Å². The number of benzene rings is 2. The van der Waals surface area contributed by atoms with Crippen molar-refractivity contribution in [1.29, 1.82) is 0 Å². The van der Waals surface area contributed by atoms with Crippen LogP contribution in [0.4, 0.5) is 4.39 Å². The quantitative estimate of drug-likeness (QED) is 0.290. The van der Waals surface area contributed by atoms with Gasteiger partial charge in [-0.3, -0.25) is 4.79 Å². The molecule has 0 aliphatic carbocycles. The molecular formula is C25H18Cl2FN7OS. The molecule has 4 heterocycles. The zero-order valence-corrected chi connectivity index (χ0v) is 21.5. The molecule has 6 rings (SSSR count). The maximum atomic E-state index is 13.2. The van der Waals surface area contributed by atoms with Crippen LogP contribution in [0.2, 0.25) is 10.3 Å². The summed E-state index contributed by atoms with van der Waals surface area (Å²) in [4.78, 5) is 23.6. The third-order valence-electron chi connectivity index (χ3n) is 6.17. The molecule has 0 N–H and O–H groups in total. The zero-order chi connectivity index (χ0) is 25.5. The number of rotatable bonds is 5. The molecule has 1 amide bonds. The van der Waals surface area contributed by atoms with Crippen molar-refractivity contribution in [3.63, 3.8) is 0 Å². The number of amides is 1. The average molecular weight is 554 g/mol. The Balaban J connectivity index is 1.15. The van der Waals surface area contributed by atoms with Crippen molar-refractivity contribution in [3.05, 3.63) is 92.8 Å². The van der Waals surface area contributed by atoms with Gasteiger partial charge in [-0.25, -0.2) is 14.4 Å². The fourth-order valence-electron chi connectivity index (χ4n) is 4.24. The molecule has 1 aliphatic rings. The van der Waals surface area contributed by atoms with E-state index >= 15 is 0 Å². The molecule has 186 valence electrons. The molecule has 0 radical (unpaired) electrons. The van der Waals surface area contributed by atoms with Gasteiger partial charge in [-0.15, -0.1) is 21.5 Å². The van der Waals surface area contributed by atoms with E-state index in [2.05, 4.69) is 20.2 Å². The van der Waals surface area contributed by atoms with Crippen molar-refractivity contribution in [2.24, 2.45) is 0 Å². The number of nitrogens with zero attached hydrogens (tertiary/aromatic N) is 7. The normalized spacial score (nSPS) is 13.1. The molecule has 0 spiro atoms. The Bertz CT molecular complexity index is 1590. The van der Waals surface area contributed by atoms with Crippen molar-refractivity contribution in [3.8, 4) is 22.6 Å². The summed E-state index contributed by atoms with van der Waals surface area (Å²) in [5, 5.41) is 12.1. The van der Waals surface area contributed by atoms with Crippen LogP contribution >= 0.6 is 34.5 Å². The van der Waals surface area contributed by atoms with E-state index < -0.39 is 0 Å². The molecule has 2 aromatic carbocycles. The predicted molar refractivity (Wildman–Crippen MR) is 139 cm³/mol. The topological polar surface area (TPSA) is 81.7 Å². The van der Waals surface area contributed by atoms with E-state index in [9.17, 15) is 9.18 Å². The van der Waals surface area contributed by atoms with Gasteiger partial charge in [-0.2, -0.15) is 0 Å². The Kier molecular flexibility index (Phi) is 6.23. The van der Waals surface area contributed by atoms with E-state index in [1.165, 1.54) is 23.5 Å². The van der Waals surface area contributed by atoms with Gasteiger partial charge < -0.3 is 14.0 Å². The number of fused-ring (bicyclic) bond motifs is 1. The molecule has 37 heavy (non-hydrogen) atoms. The number of thiazole rings is 1. The number of carbonyl (C=O) groups excluding carboxylic acids is 1. The first-order valence-electron chi connectivity index (χ1n) is 11.3. The van der Waals surface area contributed by atoms with Crippen molar-refractivity contribution in [2.75, 3.05) is 6.54 Å². The summed E-state index contributed by atoms with van der Waals surface area (Å²) in [6.07, 6.45) is 1.58. The highest BCUT2D eigenvalue weighted by atomic mass is 35.5. The lowest BCUT2D eigenvalue weighted by Crippen LogP contribution is -2.38. The maximum absolute atomic E-state index is 13.2. The summed E-state index contributed by atoms with van der Waals surface area (Å²) in [6, 6.07) is 13.6. The van der Waals surface area contributed by atoms with Crippen LogP contribution in [0, 0.1) is 5.82 Å². The van der Waals surface area contributed by atoms with E-state index in [4.69, 9.17) is 23.2 Å². The minimum absolute atomic E-state index is 0.0757. The standard InChI is InChI=1S/C25H18Cl2FN7OS/c26-22-23(27)34(14-29-22)12-21-30-19(13-37-21)24-32-31-20-11-33(9-10-35(20)24)25(36)17-3-1-15(2-4-17)16-5-7-18(28)8-6-16/h1-8,13-14H,9-12H2. The van der Waals surface area contributed by atoms with E-state index in [0.717, 1.165) is 21.8 Å². The molecule has 12 heteroatoms. The molecule has 0 fully saturated rings. The Morgan fingerprint density at radius 1 is 1.00 bits per heavy atom. The predicted octanol–water partition coefficient (Wildman–Crippen LogP) is 5.42. The van der Waals surface area contributed by atoms with E-state index in [1.54, 1.807) is 40.1 Å². The largest absolute Gasteiger partial charge is 0.329 e. The number of carbonyl (C=O) groups is 1. The van der Waals surface area contributed by atoms with Crippen LogP contribution in [0.5, 0.6) is 0 Å². The van der Waals surface area contributed by atoms with E-state index in [-0.39, 0.29) is 16.9 Å². The second kappa shape index (κ2) is 9.70. The van der Waals surface area contributed by atoms with Crippen molar-refractivity contribution < 1.29 is 9.18 Å². The van der Waals surface area contributed by atoms with Gasteiger partial charge in [0.1, 0.15) is 21.7 Å². The summed E-state index contributed by atoms with van der Waals surface area (Å²) in [5.74, 6) is 1.02. The van der Waals surface area contributed by atoms with Crippen LogP contribution < -0.4 is 0 Å². The van der Waals surface area contributed by atoms with Gasteiger partial charge in [0.15, 0.2) is 16.8 Å². The lowest BCUT2D eigenvalue weighted by Gasteiger charge is -2.27. The molecule has 0 saturated heterocycles. The number of halogens is 3. The summed E-state index contributed by atoms with van der Waals surface area (Å²) >= 11 is 13.6. The Labute approximate surface area is 224 Å². The monoisotopic (exact) mass is 553 g/mol. The minimum Gasteiger partial charge on any atom is -0.329 e. The lowest BCUT2D eigenvalue weighted by atomic mass is 10.0. The molecule has 8 nitrogen and oxygen atoms in total. The van der Waals surface area contributed by atoms with Gasteiger partial charge in [0.05, 0.1) is 19.4 Å². The molecule has 3 aromatic heterocycles. The summed E-state index contributed by atoms with van der Waals surface area (Å²) in [7, 11) is 0. The van der Waals surface area contributed by atoms with E-state index in [0.29, 0.717) is 48.5 Å². The molecule has 0 saturated carbocycles. The van der Waals surface area contributed by atoms with Crippen LogP contribution in [0.3, 0.4) is 0 Å². The first-order chi connectivity index (χ1) is 18.0. The smallest absolute Gasteiger partial charge is 0.254 e. The van der Waals surface area contributed by atoms with Crippen LogP contribution in [-0.2, 0) is 19.6 Å². The molecular weight excluding hydrogens is 536 g/mol. The molecule has 0 atom stereocenters. The van der Waals surface area contributed by atoms with Crippen molar-refractivity contribution in [1.82, 2.24) is 34.2 Å². The van der Waals surface area contributed by atoms with E-state index in [1.807, 2.05) is 22.1 Å². The maximum Gasteiger partial charge on any atom is 0.254 e. The molecule has 1 aliphatic heterocycles. The number of imidazole rings is 1. The second-order valence-electron chi connectivity index (χ2n) is 8.48. The number of hydrogen-bond acceptors (Lipinski definition) is 6. The van der Waals surface area contributed by atoms with Gasteiger partial charge in [-0.05, 0) is 35.4 Å². The summed E-state index contributed by atoms with van der Waals surface area (Å²) in [6.45, 7) is 1.89. The molecule has 0 bridgehead atoms. The van der Waals surface area contributed by atoms with Crippen molar-refractivity contribution >= 4 is 40.4 Å².